The van der Waals surface area contributed by atoms with E-state index in [1.807, 2.05) is 52.0 Å². The summed E-state index contributed by atoms with van der Waals surface area (Å²) in [5, 5.41) is 0.852. The number of rotatable bonds is 6. The number of ether oxygens (including phenoxy) is 3. The van der Waals surface area contributed by atoms with Crippen molar-refractivity contribution in [3.8, 4) is 5.75 Å². The van der Waals surface area contributed by atoms with Crippen LogP contribution in [0, 0.1) is 12.3 Å². The summed E-state index contributed by atoms with van der Waals surface area (Å²) in [5.74, 6) is -2.35. The second-order valence-corrected chi connectivity index (χ2v) is 12.6. The first kappa shape index (κ1) is 30.0. The summed E-state index contributed by atoms with van der Waals surface area (Å²) < 4.78 is 47.3. The molecule has 1 spiro atoms. The molecule has 0 N–H and O–H groups in total. The molecule has 1 saturated carbocycles. The van der Waals surface area contributed by atoms with Crippen molar-refractivity contribution in [2.24, 2.45) is 5.41 Å². The second-order valence-electron chi connectivity index (χ2n) is 12.6. The Balaban J connectivity index is 1.53. The Hall–Kier alpha value is -3.46. The fourth-order valence-electron chi connectivity index (χ4n) is 6.35. The lowest BCUT2D eigenvalue weighted by molar-refractivity contribution is 0.0521. The van der Waals surface area contributed by atoms with Gasteiger partial charge in [0.15, 0.2) is 0 Å². The van der Waals surface area contributed by atoms with Gasteiger partial charge in [0, 0.05) is 41.6 Å². The largest absolute Gasteiger partial charge is 0.496 e. The molecule has 2 unspecified atom stereocenters. The highest BCUT2D eigenvalue weighted by molar-refractivity contribution is 5.95. The van der Waals surface area contributed by atoms with E-state index < -0.39 is 23.0 Å². The molecule has 2 aliphatic rings. The number of carbonyl (C=O) groups excluding carboxylic acids is 2. The lowest BCUT2D eigenvalue weighted by Gasteiger charge is -2.31. The fourth-order valence-corrected chi connectivity index (χ4v) is 6.35. The lowest BCUT2D eigenvalue weighted by atomic mass is 9.93. The van der Waals surface area contributed by atoms with E-state index in [-0.39, 0.29) is 25.0 Å². The number of carbonyl (C=O) groups is 2. The zero-order valence-corrected chi connectivity index (χ0v) is 25.3. The summed E-state index contributed by atoms with van der Waals surface area (Å²) in [6.45, 7) is 10.4. The molecule has 1 aliphatic carbocycles. The van der Waals surface area contributed by atoms with Crippen LogP contribution in [0.15, 0.2) is 42.6 Å². The molecule has 1 aliphatic heterocycles. The third-order valence-corrected chi connectivity index (χ3v) is 8.63. The molecule has 42 heavy (non-hydrogen) atoms. The topological polar surface area (TPSA) is 70.0 Å². The van der Waals surface area contributed by atoms with Gasteiger partial charge >= 0.3 is 12.1 Å². The highest BCUT2D eigenvalue weighted by Crippen LogP contribution is 2.66. The Morgan fingerprint density at radius 2 is 1.79 bits per heavy atom. The first-order valence-corrected chi connectivity index (χ1v) is 14.6. The van der Waals surface area contributed by atoms with E-state index in [4.69, 9.17) is 14.2 Å². The maximum atomic E-state index is 14.6. The number of esters is 1. The predicted molar refractivity (Wildman–Crippen MR) is 156 cm³/mol. The standard InChI is InChI=1S/C33H40F2N2O5/c1-7-41-29(38)23-10-8-22(9-11-23)26-12-14-32(20-33(32,34)35)15-17-36(26)19-25-24-13-16-37(30(39)42-31(3,4)5)28(24)21(2)18-27(25)40-6/h8-11,13,16,18,26H,7,12,14-15,17,19-20H2,1-6H3. The minimum atomic E-state index is -2.64. The van der Waals surface area contributed by atoms with Gasteiger partial charge in [-0.1, -0.05) is 12.1 Å². The third kappa shape index (κ3) is 5.63. The Morgan fingerprint density at radius 3 is 2.38 bits per heavy atom. The Kier molecular flexibility index (Phi) is 7.85. The van der Waals surface area contributed by atoms with E-state index in [0.29, 0.717) is 43.7 Å². The Bertz CT molecular complexity index is 1490. The van der Waals surface area contributed by atoms with Crippen molar-refractivity contribution in [3.05, 3.63) is 64.8 Å². The van der Waals surface area contributed by atoms with Gasteiger partial charge in [-0.3, -0.25) is 9.47 Å². The van der Waals surface area contributed by atoms with E-state index in [9.17, 15) is 18.4 Å². The van der Waals surface area contributed by atoms with E-state index in [1.54, 1.807) is 32.4 Å². The van der Waals surface area contributed by atoms with Crippen LogP contribution in [0.2, 0.25) is 0 Å². The van der Waals surface area contributed by atoms with Gasteiger partial charge in [0.2, 0.25) is 0 Å². The van der Waals surface area contributed by atoms with Crippen molar-refractivity contribution in [1.82, 2.24) is 9.47 Å². The summed E-state index contributed by atoms with van der Waals surface area (Å²) in [6, 6.07) is 10.9. The second kappa shape index (κ2) is 11.0. The number of fused-ring (bicyclic) bond motifs is 1. The first-order valence-electron chi connectivity index (χ1n) is 14.6. The monoisotopic (exact) mass is 582 g/mol. The molecule has 2 fully saturated rings. The highest BCUT2D eigenvalue weighted by Gasteiger charge is 2.70. The van der Waals surface area contributed by atoms with Crippen LogP contribution >= 0.6 is 0 Å². The van der Waals surface area contributed by atoms with Crippen molar-refractivity contribution in [2.45, 2.75) is 84.4 Å². The van der Waals surface area contributed by atoms with Gasteiger partial charge in [-0.15, -0.1) is 0 Å². The number of hydrogen-bond donors (Lipinski definition) is 0. The number of halogens is 2. The molecule has 1 saturated heterocycles. The zero-order chi connectivity index (χ0) is 30.4. The quantitative estimate of drug-likeness (QED) is 0.278. The van der Waals surface area contributed by atoms with Gasteiger partial charge in [-0.25, -0.2) is 18.4 Å². The third-order valence-electron chi connectivity index (χ3n) is 8.63. The van der Waals surface area contributed by atoms with E-state index >= 15 is 0 Å². The predicted octanol–water partition coefficient (Wildman–Crippen LogP) is 7.67. The number of nitrogens with zero attached hydrogens (tertiary/aromatic N) is 2. The van der Waals surface area contributed by atoms with E-state index in [2.05, 4.69) is 4.90 Å². The van der Waals surface area contributed by atoms with Crippen LogP contribution in [-0.4, -0.2) is 53.3 Å². The maximum absolute atomic E-state index is 14.6. The molecule has 1 aromatic heterocycles. The summed E-state index contributed by atoms with van der Waals surface area (Å²) >= 11 is 0. The van der Waals surface area contributed by atoms with Gasteiger partial charge in [0.05, 0.1) is 24.8 Å². The SMILES string of the molecule is CCOC(=O)c1ccc(C2CCC3(CCN2Cc2c(OC)cc(C)c4c2ccn4C(=O)OC(C)(C)C)CC3(F)F)cc1. The number of aromatic nitrogens is 1. The number of aryl methyl sites for hydroxylation is 1. The molecular formula is C33H40F2N2O5. The van der Waals surface area contributed by atoms with Crippen LogP contribution in [0.1, 0.15) is 86.5 Å². The van der Waals surface area contributed by atoms with Gasteiger partial charge in [-0.2, -0.15) is 0 Å². The summed E-state index contributed by atoms with van der Waals surface area (Å²) in [6.07, 6.45) is 2.56. The molecule has 2 aromatic carbocycles. The Morgan fingerprint density at radius 1 is 1.10 bits per heavy atom. The Labute approximate surface area is 245 Å². The van der Waals surface area contributed by atoms with Gasteiger partial charge in [-0.05, 0) is 95.8 Å². The average Bonchev–Trinajstić information content (AvgIpc) is 3.27. The summed E-state index contributed by atoms with van der Waals surface area (Å²) in [7, 11) is 1.61. The first-order chi connectivity index (χ1) is 19.8. The van der Waals surface area contributed by atoms with Crippen molar-refractivity contribution >= 4 is 23.0 Å². The molecule has 0 radical (unpaired) electrons. The van der Waals surface area contributed by atoms with Crippen molar-refractivity contribution in [3.63, 3.8) is 0 Å². The smallest absolute Gasteiger partial charge is 0.419 e. The molecule has 5 rings (SSSR count). The zero-order valence-electron chi connectivity index (χ0n) is 25.3. The number of methoxy groups -OCH3 is 1. The number of alkyl halides is 2. The van der Waals surface area contributed by atoms with Crippen LogP contribution in [0.25, 0.3) is 10.9 Å². The van der Waals surface area contributed by atoms with E-state index in [0.717, 1.165) is 27.6 Å². The molecule has 0 amide bonds. The lowest BCUT2D eigenvalue weighted by Crippen LogP contribution is -2.29. The molecule has 226 valence electrons. The van der Waals surface area contributed by atoms with Crippen LogP contribution in [-0.2, 0) is 16.0 Å². The number of benzene rings is 2. The fraction of sp³-hybridized carbons (Fsp3) is 0.515. The van der Waals surface area contributed by atoms with Gasteiger partial charge < -0.3 is 14.2 Å². The average molecular weight is 583 g/mol. The van der Waals surface area contributed by atoms with Crippen molar-refractivity contribution in [1.29, 1.82) is 0 Å². The molecule has 9 heteroatoms. The maximum Gasteiger partial charge on any atom is 0.419 e. The molecule has 0 bridgehead atoms. The van der Waals surface area contributed by atoms with Gasteiger partial charge in [0.25, 0.3) is 5.92 Å². The molecule has 3 aromatic rings. The van der Waals surface area contributed by atoms with Crippen LogP contribution in [0.4, 0.5) is 13.6 Å². The highest BCUT2D eigenvalue weighted by atomic mass is 19.3. The van der Waals surface area contributed by atoms with Crippen LogP contribution < -0.4 is 4.74 Å². The molecule has 2 atom stereocenters. The molecule has 2 heterocycles. The van der Waals surface area contributed by atoms with E-state index in [1.165, 1.54) is 4.57 Å². The van der Waals surface area contributed by atoms with Crippen LogP contribution in [0.5, 0.6) is 5.75 Å². The normalized spacial score (nSPS) is 22.1. The van der Waals surface area contributed by atoms with Crippen LogP contribution in [0.3, 0.4) is 0 Å². The minimum Gasteiger partial charge on any atom is -0.496 e. The van der Waals surface area contributed by atoms with Crippen molar-refractivity contribution in [2.75, 3.05) is 20.3 Å². The summed E-state index contributed by atoms with van der Waals surface area (Å²) in [4.78, 5) is 27.6. The van der Waals surface area contributed by atoms with Gasteiger partial charge in [0.1, 0.15) is 11.4 Å². The number of likely N-dealkylation sites (tertiary alicyclic amines) is 1. The molecule has 7 nitrogen and oxygen atoms in total. The summed E-state index contributed by atoms with van der Waals surface area (Å²) in [5.41, 5.74) is 2.27. The van der Waals surface area contributed by atoms with Crippen molar-refractivity contribution < 1.29 is 32.6 Å². The number of hydrogen-bond acceptors (Lipinski definition) is 6. The minimum absolute atomic E-state index is 0.0702. The molecular weight excluding hydrogens is 542 g/mol.